The van der Waals surface area contributed by atoms with E-state index in [9.17, 15) is 9.90 Å². The van der Waals surface area contributed by atoms with Gasteiger partial charge in [-0.1, -0.05) is 11.3 Å². The van der Waals surface area contributed by atoms with Crippen LogP contribution < -0.4 is 4.90 Å². The van der Waals surface area contributed by atoms with E-state index >= 15 is 0 Å². The van der Waals surface area contributed by atoms with E-state index in [0.29, 0.717) is 11.4 Å². The van der Waals surface area contributed by atoms with E-state index in [1.807, 2.05) is 0 Å². The number of hydrogen-bond acceptors (Lipinski definition) is 6. The number of carbonyl (C=O) groups is 1. The van der Waals surface area contributed by atoms with E-state index < -0.39 is 5.97 Å². The molecule has 0 bridgehead atoms. The smallest absolute Gasteiger partial charge is 0.348 e. The summed E-state index contributed by atoms with van der Waals surface area (Å²) in [6.07, 6.45) is 8.12. The van der Waals surface area contributed by atoms with E-state index in [0.717, 1.165) is 31.1 Å². The van der Waals surface area contributed by atoms with Crippen LogP contribution >= 0.6 is 11.3 Å². The third kappa shape index (κ3) is 2.49. The van der Waals surface area contributed by atoms with Crippen LogP contribution in [0.3, 0.4) is 0 Å². The van der Waals surface area contributed by atoms with Gasteiger partial charge in [0.25, 0.3) is 0 Å². The van der Waals surface area contributed by atoms with Crippen LogP contribution in [0.4, 0.5) is 5.13 Å². The molecule has 104 valence electrons. The minimum absolute atomic E-state index is 0.228. The van der Waals surface area contributed by atoms with Crippen LogP contribution in [-0.4, -0.2) is 39.1 Å². The fourth-order valence-corrected chi connectivity index (χ4v) is 3.23. The summed E-state index contributed by atoms with van der Waals surface area (Å²) in [5.41, 5.74) is 0.917. The topological polar surface area (TPSA) is 79.2 Å². The Hall–Kier alpha value is -2.02. The Labute approximate surface area is 120 Å². The van der Waals surface area contributed by atoms with Gasteiger partial charge in [-0.15, -0.1) is 0 Å². The summed E-state index contributed by atoms with van der Waals surface area (Å²) in [6.45, 7) is 1.87. The minimum atomic E-state index is -0.966. The van der Waals surface area contributed by atoms with Crippen LogP contribution in [0.5, 0.6) is 0 Å². The van der Waals surface area contributed by atoms with Crippen LogP contribution in [0.1, 0.15) is 28.9 Å². The Kier molecular flexibility index (Phi) is 3.60. The van der Waals surface area contributed by atoms with E-state index in [-0.39, 0.29) is 4.88 Å². The third-order valence-corrected chi connectivity index (χ3v) is 4.35. The van der Waals surface area contributed by atoms with E-state index in [4.69, 9.17) is 0 Å². The largest absolute Gasteiger partial charge is 0.477 e. The van der Waals surface area contributed by atoms with Crippen LogP contribution in [0.2, 0.25) is 0 Å². The molecule has 0 aliphatic carbocycles. The number of carboxylic acid groups (broad SMARTS) is 1. The van der Waals surface area contributed by atoms with Crippen molar-refractivity contribution in [2.24, 2.45) is 0 Å². The molecule has 20 heavy (non-hydrogen) atoms. The van der Waals surface area contributed by atoms with Gasteiger partial charge in [-0.2, -0.15) is 0 Å². The molecule has 2 aromatic rings. The molecule has 0 atom stereocenters. The fraction of sp³-hybridized carbons (Fsp3) is 0.385. The quantitative estimate of drug-likeness (QED) is 0.934. The molecule has 0 radical (unpaired) electrons. The maximum atomic E-state index is 11.4. The molecule has 0 spiro atoms. The molecule has 3 heterocycles. The third-order valence-electron chi connectivity index (χ3n) is 3.24. The molecule has 0 unspecified atom stereocenters. The number of carboxylic acids is 1. The predicted octanol–water partition coefficient (Wildman–Crippen LogP) is 2.29. The highest BCUT2D eigenvalue weighted by atomic mass is 32.1. The van der Waals surface area contributed by atoms with Gasteiger partial charge in [0.15, 0.2) is 5.13 Å². The first-order valence-corrected chi connectivity index (χ1v) is 7.33. The zero-order valence-corrected chi connectivity index (χ0v) is 11.6. The Morgan fingerprint density at radius 3 is 2.70 bits per heavy atom. The summed E-state index contributed by atoms with van der Waals surface area (Å²) in [7, 11) is 0. The Morgan fingerprint density at radius 1 is 1.25 bits per heavy atom. The van der Waals surface area contributed by atoms with Crippen LogP contribution in [0.15, 0.2) is 18.6 Å². The molecule has 1 fully saturated rings. The van der Waals surface area contributed by atoms with Crippen LogP contribution in [0, 0.1) is 0 Å². The fourth-order valence-electron chi connectivity index (χ4n) is 2.27. The van der Waals surface area contributed by atoms with Crippen molar-refractivity contribution in [3.8, 4) is 11.4 Å². The first-order valence-electron chi connectivity index (χ1n) is 6.51. The Bertz CT molecular complexity index is 608. The van der Waals surface area contributed by atoms with Gasteiger partial charge in [-0.05, 0) is 19.3 Å². The molecule has 0 aromatic carbocycles. The van der Waals surface area contributed by atoms with Crippen molar-refractivity contribution in [2.75, 3.05) is 18.0 Å². The number of piperidine rings is 1. The van der Waals surface area contributed by atoms with Gasteiger partial charge >= 0.3 is 5.97 Å². The molecule has 6 nitrogen and oxygen atoms in total. The van der Waals surface area contributed by atoms with Crippen LogP contribution in [-0.2, 0) is 0 Å². The Morgan fingerprint density at radius 2 is 2.05 bits per heavy atom. The van der Waals surface area contributed by atoms with Gasteiger partial charge < -0.3 is 10.0 Å². The summed E-state index contributed by atoms with van der Waals surface area (Å²) in [5.74, 6) is -0.966. The number of thiazole rings is 1. The number of nitrogens with zero attached hydrogens (tertiary/aromatic N) is 4. The number of rotatable bonds is 3. The lowest BCUT2D eigenvalue weighted by Crippen LogP contribution is -2.29. The second-order valence-corrected chi connectivity index (χ2v) is 5.60. The highest BCUT2D eigenvalue weighted by Gasteiger charge is 2.23. The minimum Gasteiger partial charge on any atom is -0.477 e. The van der Waals surface area contributed by atoms with Crippen molar-refractivity contribution in [2.45, 2.75) is 19.3 Å². The van der Waals surface area contributed by atoms with Crippen molar-refractivity contribution >= 4 is 22.4 Å². The molecular weight excluding hydrogens is 276 g/mol. The normalized spacial score (nSPS) is 15.3. The van der Waals surface area contributed by atoms with Crippen LogP contribution in [0.25, 0.3) is 11.4 Å². The summed E-state index contributed by atoms with van der Waals surface area (Å²) >= 11 is 1.22. The van der Waals surface area contributed by atoms with Gasteiger partial charge in [0.1, 0.15) is 16.3 Å². The first kappa shape index (κ1) is 13.0. The number of anilines is 1. The molecule has 1 N–H and O–H groups in total. The van der Waals surface area contributed by atoms with Crippen molar-refractivity contribution in [3.05, 3.63) is 23.5 Å². The van der Waals surface area contributed by atoms with E-state index in [1.165, 1.54) is 17.8 Å². The van der Waals surface area contributed by atoms with Crippen molar-refractivity contribution in [3.63, 3.8) is 0 Å². The van der Waals surface area contributed by atoms with Gasteiger partial charge in [0.05, 0.1) is 6.20 Å². The highest BCUT2D eigenvalue weighted by Crippen LogP contribution is 2.33. The molecule has 0 saturated carbocycles. The standard InChI is InChI=1S/C13H14N4O2S/c18-12(19)11-10(9-8-14-4-5-15-9)16-13(20-11)17-6-2-1-3-7-17/h4-5,8H,1-3,6-7H2,(H,18,19). The lowest BCUT2D eigenvalue weighted by atomic mass is 10.1. The first-order chi connectivity index (χ1) is 9.75. The summed E-state index contributed by atoms with van der Waals surface area (Å²) < 4.78 is 0. The lowest BCUT2D eigenvalue weighted by molar-refractivity contribution is 0.0702. The van der Waals surface area contributed by atoms with Gasteiger partial charge in [-0.3, -0.25) is 9.97 Å². The molecule has 1 aliphatic rings. The second-order valence-electron chi connectivity index (χ2n) is 4.62. The zero-order chi connectivity index (χ0) is 13.9. The SMILES string of the molecule is O=C(O)c1sc(N2CCCCC2)nc1-c1cnccn1. The molecule has 0 amide bonds. The molecule has 1 saturated heterocycles. The average Bonchev–Trinajstić information content (AvgIpc) is 2.94. The highest BCUT2D eigenvalue weighted by molar-refractivity contribution is 7.17. The molecule has 1 aliphatic heterocycles. The van der Waals surface area contributed by atoms with E-state index in [2.05, 4.69) is 19.9 Å². The summed E-state index contributed by atoms with van der Waals surface area (Å²) in [5, 5.41) is 10.1. The molecule has 7 heteroatoms. The van der Waals surface area contributed by atoms with Gasteiger partial charge in [-0.25, -0.2) is 9.78 Å². The Balaban J connectivity index is 2.00. The van der Waals surface area contributed by atoms with Gasteiger partial charge in [0.2, 0.25) is 0 Å². The van der Waals surface area contributed by atoms with Crippen molar-refractivity contribution in [1.29, 1.82) is 0 Å². The zero-order valence-electron chi connectivity index (χ0n) is 10.8. The summed E-state index contributed by atoms with van der Waals surface area (Å²) in [6, 6.07) is 0. The summed E-state index contributed by atoms with van der Waals surface area (Å²) in [4.78, 5) is 26.4. The average molecular weight is 290 g/mol. The molecule has 2 aromatic heterocycles. The monoisotopic (exact) mass is 290 g/mol. The van der Waals surface area contributed by atoms with Crippen molar-refractivity contribution < 1.29 is 9.90 Å². The maximum Gasteiger partial charge on any atom is 0.348 e. The maximum absolute atomic E-state index is 11.4. The van der Waals surface area contributed by atoms with E-state index in [1.54, 1.807) is 18.6 Å². The predicted molar refractivity (Wildman–Crippen MR) is 76.2 cm³/mol. The van der Waals surface area contributed by atoms with Gasteiger partial charge in [0, 0.05) is 25.5 Å². The number of aromatic nitrogens is 3. The molecule has 3 rings (SSSR count). The van der Waals surface area contributed by atoms with Crippen molar-refractivity contribution in [1.82, 2.24) is 15.0 Å². The second kappa shape index (κ2) is 5.54. The molecular formula is C13H14N4O2S. The lowest BCUT2D eigenvalue weighted by Gasteiger charge is -2.25. The number of aromatic carboxylic acids is 1. The number of hydrogen-bond donors (Lipinski definition) is 1.